The average Bonchev–Trinajstić information content (AvgIpc) is 4.47. The van der Waals surface area contributed by atoms with E-state index >= 15 is 0 Å². The number of nitrogens with one attached hydrogen (secondary N) is 1. The first-order valence-corrected chi connectivity index (χ1v) is 33.2. The van der Waals surface area contributed by atoms with Gasteiger partial charge in [0.15, 0.2) is 0 Å². The van der Waals surface area contributed by atoms with Gasteiger partial charge in [0.25, 0.3) is 0 Å². The Kier molecular flexibility index (Phi) is 24.9. The number of unbranched alkanes of at least 4 members (excludes halogenated alkanes) is 9. The van der Waals surface area contributed by atoms with Crippen molar-refractivity contribution in [3.63, 3.8) is 0 Å². The van der Waals surface area contributed by atoms with Crippen molar-refractivity contribution in [2.24, 2.45) is 0 Å². The van der Waals surface area contributed by atoms with Gasteiger partial charge in [0.2, 0.25) is 0 Å². The third kappa shape index (κ3) is 18.1. The number of thiophene rings is 2. The molecular formula is C76H89N3O3S2. The van der Waals surface area contributed by atoms with Gasteiger partial charge in [-0.2, -0.15) is 0 Å². The quantitative estimate of drug-likeness (QED) is 0.0347. The summed E-state index contributed by atoms with van der Waals surface area (Å²) in [7, 11) is 0. The van der Waals surface area contributed by atoms with E-state index in [2.05, 4.69) is 214 Å². The summed E-state index contributed by atoms with van der Waals surface area (Å²) in [5, 5.41) is 2.77. The molecule has 0 unspecified atom stereocenters. The number of ether oxygens (including phenoxy) is 2. The fourth-order valence-electron chi connectivity index (χ4n) is 11.2. The van der Waals surface area contributed by atoms with E-state index in [-0.39, 0.29) is 5.41 Å². The van der Waals surface area contributed by atoms with Gasteiger partial charge in [-0.15, -0.1) is 22.7 Å². The Morgan fingerprint density at radius 3 is 1.46 bits per heavy atom. The Morgan fingerprint density at radius 1 is 0.488 bits per heavy atom. The Bertz CT molecular complexity index is 3320. The minimum Gasteiger partial charge on any atom is -0.492 e. The fourth-order valence-corrected chi connectivity index (χ4v) is 12.7. The van der Waals surface area contributed by atoms with Crippen LogP contribution in [0.5, 0.6) is 11.5 Å². The summed E-state index contributed by atoms with van der Waals surface area (Å²) < 4.78 is 11.4. The normalized spacial score (nSPS) is 12.1. The molecule has 0 atom stereocenters. The van der Waals surface area contributed by atoms with Crippen molar-refractivity contribution in [3.8, 4) is 46.3 Å². The van der Waals surface area contributed by atoms with Gasteiger partial charge in [-0.1, -0.05) is 177 Å². The molecule has 84 heavy (non-hydrogen) atoms. The van der Waals surface area contributed by atoms with E-state index in [9.17, 15) is 4.79 Å². The maximum Gasteiger partial charge on any atom is 0.412 e. The number of benzene rings is 5. The van der Waals surface area contributed by atoms with Crippen LogP contribution in [0, 0.1) is 23.7 Å². The molecule has 0 saturated heterocycles. The molecule has 8 heteroatoms. The molecule has 438 valence electrons. The first kappa shape index (κ1) is 62.8. The molecule has 1 N–H and O–H groups in total. The number of fused-ring (bicyclic) bond motifs is 3. The van der Waals surface area contributed by atoms with Crippen LogP contribution in [-0.2, 0) is 5.41 Å². The predicted octanol–water partition coefficient (Wildman–Crippen LogP) is 20.4. The summed E-state index contributed by atoms with van der Waals surface area (Å²) in [6, 6.07) is 47.7. The van der Waals surface area contributed by atoms with Gasteiger partial charge in [-0.05, 0) is 182 Å². The number of nitrogens with zero attached hydrogens (tertiary/aromatic N) is 2. The maximum absolute atomic E-state index is 12.0. The summed E-state index contributed by atoms with van der Waals surface area (Å²) >= 11 is 3.48. The van der Waals surface area contributed by atoms with Gasteiger partial charge < -0.3 is 24.6 Å². The molecule has 6 nitrogen and oxygen atoms in total. The Balaban J connectivity index is 0.885. The van der Waals surface area contributed by atoms with Gasteiger partial charge in [0.05, 0.1) is 16.3 Å². The third-order valence-electron chi connectivity index (χ3n) is 16.0. The zero-order chi connectivity index (χ0) is 58.8. The molecule has 0 bridgehead atoms. The van der Waals surface area contributed by atoms with Crippen LogP contribution in [0.3, 0.4) is 0 Å². The molecule has 0 aliphatic heterocycles. The van der Waals surface area contributed by atoms with Crippen molar-refractivity contribution in [1.82, 2.24) is 5.32 Å². The van der Waals surface area contributed by atoms with Crippen molar-refractivity contribution in [3.05, 3.63) is 186 Å². The van der Waals surface area contributed by atoms with Gasteiger partial charge in [-0.3, -0.25) is 0 Å². The predicted molar refractivity (Wildman–Crippen MR) is 362 cm³/mol. The number of hydrogen-bond donors (Lipinski definition) is 1. The highest BCUT2D eigenvalue weighted by atomic mass is 32.1. The van der Waals surface area contributed by atoms with E-state index < -0.39 is 6.09 Å². The highest BCUT2D eigenvalue weighted by Crippen LogP contribution is 2.54. The van der Waals surface area contributed by atoms with Gasteiger partial charge >= 0.3 is 6.09 Å². The van der Waals surface area contributed by atoms with Crippen molar-refractivity contribution in [1.29, 1.82) is 0 Å². The van der Waals surface area contributed by atoms with Crippen molar-refractivity contribution < 1.29 is 14.3 Å². The molecule has 0 fully saturated rings. The molecule has 1 amide bonds. The molecule has 1 aliphatic carbocycles. The second-order valence-corrected chi connectivity index (χ2v) is 24.5. The van der Waals surface area contributed by atoms with Crippen LogP contribution in [0.2, 0.25) is 0 Å². The number of likely N-dealkylation sites (N-methyl/N-ethyl adjacent to an activating group) is 1. The molecule has 5 aromatic carbocycles. The highest BCUT2D eigenvalue weighted by molar-refractivity contribution is 7.13. The van der Waals surface area contributed by atoms with Crippen LogP contribution in [0.25, 0.3) is 35.4 Å². The van der Waals surface area contributed by atoms with E-state index in [1.54, 1.807) is 34.8 Å². The van der Waals surface area contributed by atoms with Crippen LogP contribution < -0.4 is 24.6 Å². The summed E-state index contributed by atoms with van der Waals surface area (Å²) in [6.07, 6.45) is 27.6. The maximum atomic E-state index is 12.0. The number of carbonyl (C=O) groups excluding carboxylic acids is 1. The summed E-state index contributed by atoms with van der Waals surface area (Å²) in [6.45, 7) is 18.5. The van der Waals surface area contributed by atoms with Crippen LogP contribution in [-0.4, -0.2) is 45.4 Å². The lowest BCUT2D eigenvalue weighted by Crippen LogP contribution is -2.28. The van der Waals surface area contributed by atoms with E-state index in [1.165, 1.54) is 107 Å². The Hall–Kier alpha value is -7.23. The monoisotopic (exact) mass is 1160 g/mol. The average molecular weight is 1160 g/mol. The summed E-state index contributed by atoms with van der Waals surface area (Å²) in [5.41, 5.74) is 12.5. The first-order chi connectivity index (χ1) is 41.2. The van der Waals surface area contributed by atoms with Crippen LogP contribution in [0.15, 0.2) is 133 Å². The van der Waals surface area contributed by atoms with Crippen molar-refractivity contribution in [2.75, 3.05) is 49.1 Å². The minimum atomic E-state index is -0.436. The van der Waals surface area contributed by atoms with Crippen molar-refractivity contribution >= 4 is 64.4 Å². The van der Waals surface area contributed by atoms with Gasteiger partial charge in [0.1, 0.15) is 18.1 Å². The zero-order valence-corrected chi connectivity index (χ0v) is 52.6. The third-order valence-corrected chi connectivity index (χ3v) is 17.9. The topological polar surface area (TPSA) is 54.0 Å². The summed E-state index contributed by atoms with van der Waals surface area (Å²) in [4.78, 5) is 21.4. The molecule has 8 rings (SSSR count). The van der Waals surface area contributed by atoms with Gasteiger partial charge in [-0.25, -0.2) is 4.79 Å². The molecule has 0 spiro atoms. The smallest absolute Gasteiger partial charge is 0.412 e. The molecule has 7 aromatic rings. The SMILES string of the molecule is CCCCCCN(CCCCCC)c1ccc(/C=C/c2ccc(C#Cc3ccc4c(c3)C(CCCC)(CCCC)c3cc(C#Cc5ccc(/C=C/c6ccc(N(CC)CCOc7ccc(OC(=O)NCCCC)cc7)cc6)s5)ccc3-4)s2)cc1. The minimum absolute atomic E-state index is 0.0742. The molecule has 0 saturated carbocycles. The number of anilines is 2. The number of carbonyl (C=O) groups is 1. The lowest BCUT2D eigenvalue weighted by atomic mass is 9.70. The Morgan fingerprint density at radius 2 is 0.976 bits per heavy atom. The number of rotatable bonds is 31. The van der Waals surface area contributed by atoms with Crippen LogP contribution >= 0.6 is 22.7 Å². The first-order valence-electron chi connectivity index (χ1n) is 31.5. The number of hydrogen-bond acceptors (Lipinski definition) is 7. The van der Waals surface area contributed by atoms with Crippen molar-refractivity contribution in [2.45, 2.75) is 150 Å². The molecule has 1 aliphatic rings. The van der Waals surface area contributed by atoms with E-state index in [1.807, 2.05) is 12.1 Å². The molecular weight excluding hydrogens is 1070 g/mol. The van der Waals surface area contributed by atoms with Crippen LogP contribution in [0.1, 0.15) is 197 Å². The second-order valence-electron chi connectivity index (χ2n) is 22.2. The largest absolute Gasteiger partial charge is 0.492 e. The number of amides is 1. The lowest BCUT2D eigenvalue weighted by molar-refractivity contribution is 0.200. The molecule has 2 aromatic heterocycles. The highest BCUT2D eigenvalue weighted by Gasteiger charge is 2.42. The fraction of sp³-hybridized carbons (Fsp3) is 0.382. The van der Waals surface area contributed by atoms with Crippen LogP contribution in [0.4, 0.5) is 16.2 Å². The van der Waals surface area contributed by atoms with E-state index in [0.717, 1.165) is 103 Å². The standard InChI is InChI=1S/C76H89N3O3S2/c1-7-13-18-20-53-79(54-21-19-14-8-2)64-34-24-60(25-35-64)27-41-68-45-47-70(84-68)43-29-62-31-49-72-71-48-30-61(57-73(71)76(50-15-9-3,51-16-10-4)74(72)58-62)28-42-69-46-44-67(83-69)40-26-59-22-32-63(33-23-59)78(12-6)55-56-81-65-36-38-66(39-37-65)82-75(80)77-52-17-11-5/h22-27,30-41,44-49,57-58H,7-21,50-56H2,1-6H3,(H,77,80)/b40-26+,41-27+. The second kappa shape index (κ2) is 33.3. The summed E-state index contributed by atoms with van der Waals surface area (Å²) in [5.74, 6) is 15.5. The Labute approximate surface area is 512 Å². The lowest BCUT2D eigenvalue weighted by Gasteiger charge is -2.33. The van der Waals surface area contributed by atoms with E-state index in [4.69, 9.17) is 9.47 Å². The molecule has 2 heterocycles. The van der Waals surface area contributed by atoms with E-state index in [0.29, 0.717) is 18.9 Å². The van der Waals surface area contributed by atoms with Gasteiger partial charge in [0, 0.05) is 63.8 Å². The zero-order valence-electron chi connectivity index (χ0n) is 51.0. The molecule has 0 radical (unpaired) electrons.